The van der Waals surface area contributed by atoms with Crippen molar-refractivity contribution in [1.29, 1.82) is 0 Å². The maximum Gasteiger partial charge on any atom is 0.379 e. The molecule has 0 saturated heterocycles. The number of methoxy groups -OCH3 is 1. The highest BCUT2D eigenvalue weighted by Gasteiger charge is 2.50. The number of rotatable bonds is 2. The average molecular weight is 338 g/mol. The van der Waals surface area contributed by atoms with E-state index in [2.05, 4.69) is 9.89 Å². The second-order valence-corrected chi connectivity index (χ2v) is 6.02. The first-order chi connectivity index (χ1) is 11.0. The van der Waals surface area contributed by atoms with Gasteiger partial charge in [0.25, 0.3) is 0 Å². The molecular weight excluding hydrogens is 322 g/mol. The normalized spacial score (nSPS) is 28.5. The molecule has 0 fully saturated rings. The number of esters is 1. The van der Waals surface area contributed by atoms with Crippen molar-refractivity contribution in [3.05, 3.63) is 46.2 Å². The zero-order valence-corrected chi connectivity index (χ0v) is 13.2. The average Bonchev–Trinajstić information content (AvgIpc) is 2.96. The third-order valence-electron chi connectivity index (χ3n) is 4.25. The van der Waals surface area contributed by atoms with Gasteiger partial charge in [-0.1, -0.05) is 28.9 Å². The molecule has 0 amide bonds. The van der Waals surface area contributed by atoms with E-state index in [1.54, 1.807) is 12.1 Å². The molecule has 1 aromatic carbocycles. The molecule has 7 heteroatoms. The van der Waals surface area contributed by atoms with Gasteiger partial charge in [-0.25, -0.2) is 4.79 Å². The number of aliphatic hydroxyl groups is 1. The summed E-state index contributed by atoms with van der Waals surface area (Å²) >= 11 is 5.92. The Morgan fingerprint density at radius 2 is 2.09 bits per heavy atom. The van der Waals surface area contributed by atoms with Gasteiger partial charge >= 0.3 is 11.8 Å². The molecule has 0 radical (unpaired) electrons. The van der Waals surface area contributed by atoms with Crippen LogP contribution in [-0.2, 0) is 14.3 Å². The molecule has 1 aliphatic carbocycles. The minimum atomic E-state index is -2.11. The number of carbonyl (C=O) groups excluding carboxylic acids is 1. The van der Waals surface area contributed by atoms with Gasteiger partial charge in [0.2, 0.25) is 0 Å². The first-order valence-electron chi connectivity index (χ1n) is 7.18. The number of hydrogen-bond donors (Lipinski definition) is 2. The number of ether oxygens (including phenoxy) is 2. The third kappa shape index (κ3) is 2.68. The molecule has 2 aliphatic rings. The van der Waals surface area contributed by atoms with Crippen LogP contribution in [0.5, 0.6) is 0 Å². The van der Waals surface area contributed by atoms with Crippen molar-refractivity contribution in [3.63, 3.8) is 0 Å². The maximum atomic E-state index is 12.0. The lowest BCUT2D eigenvalue weighted by molar-refractivity contribution is -0.218. The van der Waals surface area contributed by atoms with E-state index in [-0.39, 0.29) is 18.1 Å². The summed E-state index contributed by atoms with van der Waals surface area (Å²) in [6, 6.07) is 7.18. The van der Waals surface area contributed by atoms with E-state index in [0.717, 1.165) is 11.1 Å². The van der Waals surface area contributed by atoms with Crippen LogP contribution in [0.3, 0.4) is 0 Å². The van der Waals surface area contributed by atoms with Crippen LogP contribution in [0.4, 0.5) is 0 Å². The van der Waals surface area contributed by atoms with E-state index in [4.69, 9.17) is 21.5 Å². The fourth-order valence-electron chi connectivity index (χ4n) is 3.13. The molecule has 1 heterocycles. The highest BCUT2D eigenvalue weighted by Crippen LogP contribution is 2.47. The maximum absolute atomic E-state index is 12.0. The molecule has 3 rings (SSSR count). The number of allylic oxidation sites excluding steroid dienone is 2. The van der Waals surface area contributed by atoms with Gasteiger partial charge in [-0.15, -0.1) is 0 Å². The van der Waals surface area contributed by atoms with Crippen molar-refractivity contribution in [2.24, 2.45) is 5.16 Å². The molecular formula is C16H16ClNO5. The fourth-order valence-corrected chi connectivity index (χ4v) is 3.25. The summed E-state index contributed by atoms with van der Waals surface area (Å²) in [5, 5.41) is 23.5. The molecule has 23 heavy (non-hydrogen) atoms. The van der Waals surface area contributed by atoms with Crippen molar-refractivity contribution < 1.29 is 24.6 Å². The smallest absolute Gasteiger partial charge is 0.379 e. The number of hydrogen-bond acceptors (Lipinski definition) is 6. The van der Waals surface area contributed by atoms with Crippen LogP contribution in [-0.4, -0.2) is 34.9 Å². The summed E-state index contributed by atoms with van der Waals surface area (Å²) in [5.74, 6) is -2.98. The van der Waals surface area contributed by atoms with E-state index in [9.17, 15) is 9.90 Å². The Morgan fingerprint density at radius 1 is 1.39 bits per heavy atom. The fraction of sp³-hybridized carbons (Fsp3) is 0.375. The highest BCUT2D eigenvalue weighted by molar-refractivity contribution is 6.30. The van der Waals surface area contributed by atoms with Crippen LogP contribution in [0, 0.1) is 0 Å². The van der Waals surface area contributed by atoms with Crippen LogP contribution in [0.1, 0.15) is 30.7 Å². The molecule has 1 aromatic rings. The molecule has 0 bridgehead atoms. The summed E-state index contributed by atoms with van der Waals surface area (Å²) in [6.45, 7) is 0. The van der Waals surface area contributed by atoms with Gasteiger partial charge in [0.1, 0.15) is 11.5 Å². The Kier molecular flexibility index (Phi) is 4.04. The van der Waals surface area contributed by atoms with Crippen LogP contribution < -0.4 is 0 Å². The van der Waals surface area contributed by atoms with Gasteiger partial charge in [0.05, 0.1) is 7.11 Å². The van der Waals surface area contributed by atoms with E-state index in [1.807, 2.05) is 12.1 Å². The predicted molar refractivity (Wildman–Crippen MR) is 82.3 cm³/mol. The largest absolute Gasteiger partial charge is 0.464 e. The van der Waals surface area contributed by atoms with E-state index in [0.29, 0.717) is 23.6 Å². The number of nitrogens with zero attached hydrogens (tertiary/aromatic N) is 1. The second-order valence-electron chi connectivity index (χ2n) is 5.59. The Balaban J connectivity index is 2.07. The number of carbonyl (C=O) groups is 1. The van der Waals surface area contributed by atoms with Gasteiger partial charge in [0, 0.05) is 23.8 Å². The molecule has 0 aromatic heterocycles. The minimum absolute atomic E-state index is 0.0266. The summed E-state index contributed by atoms with van der Waals surface area (Å²) in [4.78, 5) is 12.0. The topological polar surface area (TPSA) is 88.4 Å². The Morgan fingerprint density at radius 3 is 2.70 bits per heavy atom. The van der Waals surface area contributed by atoms with Gasteiger partial charge in [0.15, 0.2) is 0 Å². The van der Waals surface area contributed by atoms with Gasteiger partial charge in [-0.05, 0) is 29.7 Å². The van der Waals surface area contributed by atoms with Crippen LogP contribution in [0.25, 0.3) is 0 Å². The standard InChI is InChI=1S/C16H16ClNO5/c1-22-15(19)16(20)8-12(9-2-4-10(17)5-3-9)11-6-7-13(18-21)14(11)23-16/h2-5,12,20-21H,6-8H2,1H3/b18-13+/t12-,16+/m0/s1. The SMILES string of the molecule is COC(=O)[C@@]1(O)C[C@@H](c2ccc(Cl)cc2)C2=C(O1)/C(=N/O)CC2. The monoisotopic (exact) mass is 337 g/mol. The molecule has 1 aliphatic heterocycles. The van der Waals surface area contributed by atoms with Gasteiger partial charge < -0.3 is 19.8 Å². The number of benzene rings is 1. The van der Waals surface area contributed by atoms with E-state index < -0.39 is 11.8 Å². The predicted octanol–water partition coefficient (Wildman–Crippen LogP) is 2.58. The molecule has 122 valence electrons. The molecule has 0 saturated carbocycles. The van der Waals surface area contributed by atoms with Gasteiger partial charge in [-0.2, -0.15) is 0 Å². The van der Waals surface area contributed by atoms with Crippen molar-refractivity contribution in [3.8, 4) is 0 Å². The van der Waals surface area contributed by atoms with Crippen LogP contribution in [0.15, 0.2) is 40.8 Å². The summed E-state index contributed by atoms with van der Waals surface area (Å²) in [6.07, 6.45) is 1.15. The number of oxime groups is 1. The summed E-state index contributed by atoms with van der Waals surface area (Å²) in [5.41, 5.74) is 2.11. The van der Waals surface area contributed by atoms with Crippen molar-refractivity contribution in [2.75, 3.05) is 7.11 Å². The van der Waals surface area contributed by atoms with Crippen molar-refractivity contribution >= 4 is 23.3 Å². The first-order valence-corrected chi connectivity index (χ1v) is 7.56. The quantitative estimate of drug-likeness (QED) is 0.492. The lowest BCUT2D eigenvalue weighted by Gasteiger charge is -2.36. The molecule has 2 atom stereocenters. The lowest BCUT2D eigenvalue weighted by Crippen LogP contribution is -2.46. The third-order valence-corrected chi connectivity index (χ3v) is 4.51. The Hall–Kier alpha value is -2.05. The second kappa shape index (κ2) is 5.86. The minimum Gasteiger partial charge on any atom is -0.464 e. The Bertz CT molecular complexity index is 697. The molecule has 0 unspecified atom stereocenters. The van der Waals surface area contributed by atoms with Crippen LogP contribution in [0.2, 0.25) is 5.02 Å². The molecule has 2 N–H and O–H groups in total. The van der Waals surface area contributed by atoms with Crippen molar-refractivity contribution in [2.45, 2.75) is 31.0 Å². The first kappa shape index (κ1) is 15.8. The zero-order valence-electron chi connectivity index (χ0n) is 12.5. The highest BCUT2D eigenvalue weighted by atomic mass is 35.5. The Labute approximate surface area is 138 Å². The summed E-state index contributed by atoms with van der Waals surface area (Å²) in [7, 11) is 1.18. The van der Waals surface area contributed by atoms with E-state index in [1.165, 1.54) is 7.11 Å². The summed E-state index contributed by atoms with van der Waals surface area (Å²) < 4.78 is 10.1. The molecule has 0 spiro atoms. The van der Waals surface area contributed by atoms with Crippen molar-refractivity contribution in [1.82, 2.24) is 0 Å². The van der Waals surface area contributed by atoms with Crippen LogP contribution >= 0.6 is 11.6 Å². The van der Waals surface area contributed by atoms with Gasteiger partial charge in [-0.3, -0.25) is 0 Å². The van der Waals surface area contributed by atoms with E-state index >= 15 is 0 Å². The lowest BCUT2D eigenvalue weighted by atomic mass is 9.83. The zero-order chi connectivity index (χ0) is 16.6. The molecule has 6 nitrogen and oxygen atoms in total. The number of halogens is 1.